The minimum absolute atomic E-state index is 0.218. The molecule has 0 aromatic carbocycles. The van der Waals surface area contributed by atoms with E-state index in [4.69, 9.17) is 5.73 Å². The average Bonchev–Trinajstić information content (AvgIpc) is 2.68. The van der Waals surface area contributed by atoms with Gasteiger partial charge in [-0.05, 0) is 25.5 Å². The summed E-state index contributed by atoms with van der Waals surface area (Å²) in [6.07, 6.45) is 3.21. The zero-order valence-corrected chi connectivity index (χ0v) is 10.9. The van der Waals surface area contributed by atoms with Gasteiger partial charge in [0.05, 0.1) is 5.60 Å². The van der Waals surface area contributed by atoms with E-state index >= 15 is 0 Å². The number of hydrogen-bond donors (Lipinski definition) is 2. The molecule has 0 saturated carbocycles. The number of imidazole rings is 1. The fourth-order valence-electron chi connectivity index (χ4n) is 2.01. The van der Waals surface area contributed by atoms with E-state index in [0.29, 0.717) is 6.42 Å². The molecular formula is C13H20N4O. The molecule has 0 spiro atoms. The Hall–Kier alpha value is -1.46. The van der Waals surface area contributed by atoms with E-state index in [2.05, 4.69) is 21.5 Å². The third-order valence-corrected chi connectivity index (χ3v) is 3.01. The molecule has 18 heavy (non-hydrogen) atoms. The highest BCUT2D eigenvalue weighted by Crippen LogP contribution is 2.18. The molecular weight excluding hydrogens is 228 g/mol. The van der Waals surface area contributed by atoms with Gasteiger partial charge in [0.2, 0.25) is 0 Å². The van der Waals surface area contributed by atoms with E-state index in [1.165, 1.54) is 0 Å². The van der Waals surface area contributed by atoms with Gasteiger partial charge >= 0.3 is 0 Å². The molecule has 1 unspecified atom stereocenters. The third-order valence-electron chi connectivity index (χ3n) is 3.01. The lowest BCUT2D eigenvalue weighted by molar-refractivity contribution is 0.0667. The summed E-state index contributed by atoms with van der Waals surface area (Å²) in [4.78, 5) is 8.91. The molecule has 98 valence electrons. The van der Waals surface area contributed by atoms with E-state index in [9.17, 15) is 5.11 Å². The van der Waals surface area contributed by atoms with Gasteiger partial charge in [0.1, 0.15) is 11.3 Å². The van der Waals surface area contributed by atoms with Crippen LogP contribution >= 0.6 is 0 Å². The molecule has 2 aromatic rings. The average molecular weight is 248 g/mol. The van der Waals surface area contributed by atoms with Gasteiger partial charge in [0, 0.05) is 25.7 Å². The first-order chi connectivity index (χ1) is 8.57. The normalized spacial score (nSPS) is 14.9. The number of aryl methyl sites for hydroxylation is 1. The Labute approximate surface area is 107 Å². The van der Waals surface area contributed by atoms with Gasteiger partial charge in [0.25, 0.3) is 0 Å². The Morgan fingerprint density at radius 3 is 2.94 bits per heavy atom. The molecule has 0 saturated heterocycles. The maximum absolute atomic E-state index is 10.1. The third kappa shape index (κ3) is 2.52. The summed E-state index contributed by atoms with van der Waals surface area (Å²) >= 11 is 0. The molecule has 0 amide bonds. The molecule has 3 N–H and O–H groups in total. The van der Waals surface area contributed by atoms with Gasteiger partial charge < -0.3 is 15.4 Å². The summed E-state index contributed by atoms with van der Waals surface area (Å²) in [7, 11) is 0. The molecule has 2 aromatic heterocycles. The second kappa shape index (κ2) is 5.04. The molecule has 5 nitrogen and oxygen atoms in total. The largest absolute Gasteiger partial charge is 0.388 e. The van der Waals surface area contributed by atoms with Crippen LogP contribution in [0.3, 0.4) is 0 Å². The fourth-order valence-corrected chi connectivity index (χ4v) is 2.01. The minimum Gasteiger partial charge on any atom is -0.388 e. The number of aromatic nitrogens is 3. The van der Waals surface area contributed by atoms with Crippen LogP contribution in [0.4, 0.5) is 0 Å². The van der Waals surface area contributed by atoms with Crippen LogP contribution in [-0.2, 0) is 13.0 Å². The predicted octanol–water partition coefficient (Wildman–Crippen LogP) is 1.09. The number of fused-ring (bicyclic) bond motifs is 1. The monoisotopic (exact) mass is 248 g/mol. The predicted molar refractivity (Wildman–Crippen MR) is 71.2 cm³/mol. The van der Waals surface area contributed by atoms with Crippen molar-refractivity contribution in [2.75, 3.05) is 6.54 Å². The van der Waals surface area contributed by atoms with Gasteiger partial charge in [0.15, 0.2) is 5.65 Å². The van der Waals surface area contributed by atoms with E-state index in [0.717, 1.165) is 30.0 Å². The molecule has 1 atom stereocenters. The lowest BCUT2D eigenvalue weighted by Crippen LogP contribution is -2.37. The Kier molecular flexibility index (Phi) is 3.63. The second-order valence-electron chi connectivity index (χ2n) is 4.90. The number of aliphatic hydroxyl groups is 1. The Morgan fingerprint density at radius 1 is 1.50 bits per heavy atom. The maximum Gasteiger partial charge on any atom is 0.159 e. The molecule has 0 bridgehead atoms. The number of rotatable bonds is 5. The number of hydrogen-bond acceptors (Lipinski definition) is 4. The van der Waals surface area contributed by atoms with Gasteiger partial charge in [-0.1, -0.05) is 6.92 Å². The summed E-state index contributed by atoms with van der Waals surface area (Å²) in [5.41, 5.74) is 6.39. The highest BCUT2D eigenvalue weighted by molar-refractivity contribution is 5.71. The molecule has 2 heterocycles. The van der Waals surface area contributed by atoms with Crippen LogP contribution in [-0.4, -0.2) is 31.8 Å². The summed E-state index contributed by atoms with van der Waals surface area (Å²) in [6, 6.07) is 3.81. The van der Waals surface area contributed by atoms with Crippen LogP contribution in [0.1, 0.15) is 26.1 Å². The summed E-state index contributed by atoms with van der Waals surface area (Å²) in [6.45, 7) is 4.91. The van der Waals surface area contributed by atoms with Crippen LogP contribution in [0.5, 0.6) is 0 Å². The van der Waals surface area contributed by atoms with Crippen molar-refractivity contribution in [2.45, 2.75) is 38.8 Å². The fraction of sp³-hybridized carbons (Fsp3) is 0.538. The molecule has 0 aliphatic heterocycles. The van der Waals surface area contributed by atoms with Gasteiger partial charge in [-0.3, -0.25) is 0 Å². The van der Waals surface area contributed by atoms with Crippen LogP contribution in [0.25, 0.3) is 11.2 Å². The van der Waals surface area contributed by atoms with E-state index in [1.54, 1.807) is 13.1 Å². The quantitative estimate of drug-likeness (QED) is 0.830. The highest BCUT2D eigenvalue weighted by Gasteiger charge is 2.23. The Morgan fingerprint density at radius 2 is 2.28 bits per heavy atom. The number of nitrogens with two attached hydrogens (primary N) is 1. The number of nitrogens with zero attached hydrogens (tertiary/aromatic N) is 3. The van der Waals surface area contributed by atoms with Crippen molar-refractivity contribution in [1.82, 2.24) is 14.5 Å². The molecule has 2 rings (SSSR count). The smallest absolute Gasteiger partial charge is 0.159 e. The van der Waals surface area contributed by atoms with Crippen molar-refractivity contribution in [3.63, 3.8) is 0 Å². The topological polar surface area (TPSA) is 77.0 Å². The molecule has 0 radical (unpaired) electrons. The minimum atomic E-state index is -0.924. The first kappa shape index (κ1) is 13.0. The zero-order valence-electron chi connectivity index (χ0n) is 10.9. The zero-order chi connectivity index (χ0) is 13.2. The van der Waals surface area contributed by atoms with E-state index < -0.39 is 5.60 Å². The molecule has 0 fully saturated rings. The molecule has 0 aliphatic carbocycles. The van der Waals surface area contributed by atoms with Gasteiger partial charge in [-0.25, -0.2) is 9.97 Å². The van der Waals surface area contributed by atoms with Crippen molar-refractivity contribution in [3.05, 3.63) is 24.2 Å². The second-order valence-corrected chi connectivity index (χ2v) is 4.90. The van der Waals surface area contributed by atoms with Gasteiger partial charge in [-0.2, -0.15) is 0 Å². The Balaban J connectivity index is 2.45. The summed E-state index contributed by atoms with van der Waals surface area (Å²) in [5.74, 6) is 0.848. The first-order valence-electron chi connectivity index (χ1n) is 6.30. The van der Waals surface area contributed by atoms with Crippen LogP contribution in [0, 0.1) is 0 Å². The van der Waals surface area contributed by atoms with Crippen LogP contribution < -0.4 is 5.73 Å². The summed E-state index contributed by atoms with van der Waals surface area (Å²) < 4.78 is 2.07. The Bertz CT molecular complexity index is 533. The van der Waals surface area contributed by atoms with E-state index in [1.807, 2.05) is 12.1 Å². The van der Waals surface area contributed by atoms with Crippen molar-refractivity contribution in [2.24, 2.45) is 5.73 Å². The van der Waals surface area contributed by atoms with Crippen molar-refractivity contribution in [3.8, 4) is 0 Å². The van der Waals surface area contributed by atoms with Crippen molar-refractivity contribution < 1.29 is 5.11 Å². The lowest BCUT2D eigenvalue weighted by Gasteiger charge is -2.20. The molecule has 0 aliphatic rings. The highest BCUT2D eigenvalue weighted by atomic mass is 16.3. The molecule has 5 heteroatoms. The van der Waals surface area contributed by atoms with Crippen LogP contribution in [0.2, 0.25) is 0 Å². The van der Waals surface area contributed by atoms with Gasteiger partial charge in [-0.15, -0.1) is 0 Å². The lowest BCUT2D eigenvalue weighted by atomic mass is 10.0. The summed E-state index contributed by atoms with van der Waals surface area (Å²) in [5, 5.41) is 10.1. The van der Waals surface area contributed by atoms with E-state index in [-0.39, 0.29) is 6.54 Å². The number of pyridine rings is 1. The SMILES string of the molecule is CCCn1c(CC(C)(O)CN)nc2cccnc21. The maximum atomic E-state index is 10.1. The van der Waals surface area contributed by atoms with Crippen molar-refractivity contribution >= 4 is 11.2 Å². The van der Waals surface area contributed by atoms with Crippen LogP contribution in [0.15, 0.2) is 18.3 Å². The standard InChI is InChI=1S/C13H20N4O/c1-3-7-17-11(8-13(2,18)9-14)16-10-5-4-6-15-12(10)17/h4-6,18H,3,7-9,14H2,1-2H3. The first-order valence-corrected chi connectivity index (χ1v) is 6.30. The van der Waals surface area contributed by atoms with Crippen molar-refractivity contribution in [1.29, 1.82) is 0 Å².